The number of aryl methyl sites for hydroxylation is 5. The highest BCUT2D eigenvalue weighted by molar-refractivity contribution is 6.11. The molecule has 268 valence electrons. The molecule has 0 aliphatic rings. The molecule has 0 aliphatic heterocycles. The lowest BCUT2D eigenvalue weighted by Crippen LogP contribution is -1.94. The first-order valence-corrected chi connectivity index (χ1v) is 19.0. The Kier molecular flexibility index (Phi) is 9.90. The molecule has 0 atom stereocenters. The molecular formula is C53H45NO. The Labute approximate surface area is 323 Å². The minimum absolute atomic E-state index is 0.946. The molecule has 0 N–H and O–H groups in total. The Hall–Kier alpha value is -6.64. The number of hydrogen-bond acceptors (Lipinski definition) is 1. The maximum atomic E-state index is 6.07. The summed E-state index contributed by atoms with van der Waals surface area (Å²) in [6.07, 6.45) is 0. The van der Waals surface area contributed by atoms with Crippen LogP contribution in [0.1, 0.15) is 27.8 Å². The van der Waals surface area contributed by atoms with E-state index in [2.05, 4.69) is 209 Å². The van der Waals surface area contributed by atoms with Crippen LogP contribution in [-0.4, -0.2) is 4.57 Å². The quantitative estimate of drug-likeness (QED) is 0.178. The van der Waals surface area contributed by atoms with E-state index in [9.17, 15) is 0 Å². The van der Waals surface area contributed by atoms with Crippen molar-refractivity contribution in [1.82, 2.24) is 4.57 Å². The number of hydrogen-bond donors (Lipinski definition) is 0. The molecule has 0 spiro atoms. The van der Waals surface area contributed by atoms with Crippen molar-refractivity contribution in [2.45, 2.75) is 34.6 Å². The lowest BCUT2D eigenvalue weighted by atomic mass is 10.0. The molecule has 0 aliphatic carbocycles. The van der Waals surface area contributed by atoms with Crippen LogP contribution in [0.4, 0.5) is 0 Å². The van der Waals surface area contributed by atoms with Gasteiger partial charge in [-0.3, -0.25) is 0 Å². The second-order valence-corrected chi connectivity index (χ2v) is 14.6. The molecule has 2 heterocycles. The molecule has 10 rings (SSSR count). The third-order valence-electron chi connectivity index (χ3n) is 10.3. The molecule has 0 unspecified atom stereocenters. The molecule has 2 aromatic heterocycles. The van der Waals surface area contributed by atoms with Crippen LogP contribution < -0.4 is 0 Å². The summed E-state index contributed by atoms with van der Waals surface area (Å²) >= 11 is 0. The highest BCUT2D eigenvalue weighted by Gasteiger charge is 2.14. The van der Waals surface area contributed by atoms with E-state index in [-0.39, 0.29) is 0 Å². The smallest absolute Gasteiger partial charge is 0.143 e. The molecule has 0 saturated heterocycles. The number of furan rings is 1. The fourth-order valence-corrected chi connectivity index (χ4v) is 7.46. The number of aromatic nitrogens is 1. The number of nitrogens with zero attached hydrogens (tertiary/aromatic N) is 1. The number of fused-ring (bicyclic) bond motifs is 6. The van der Waals surface area contributed by atoms with Gasteiger partial charge in [0.25, 0.3) is 0 Å². The van der Waals surface area contributed by atoms with E-state index in [1.807, 2.05) is 12.1 Å². The molecule has 2 heteroatoms. The molecule has 10 aromatic rings. The van der Waals surface area contributed by atoms with Crippen molar-refractivity contribution in [2.24, 2.45) is 0 Å². The van der Waals surface area contributed by atoms with Gasteiger partial charge in [-0.15, -0.1) is 0 Å². The average Bonchev–Trinajstić information content (AvgIpc) is 3.75. The van der Waals surface area contributed by atoms with Crippen LogP contribution in [-0.2, 0) is 0 Å². The fraction of sp³-hybridized carbons (Fsp3) is 0.0943. The monoisotopic (exact) mass is 711 g/mol. The summed E-state index contributed by atoms with van der Waals surface area (Å²) < 4.78 is 8.44. The molecule has 0 saturated carbocycles. The van der Waals surface area contributed by atoms with E-state index >= 15 is 0 Å². The van der Waals surface area contributed by atoms with Crippen molar-refractivity contribution in [3.8, 4) is 27.9 Å². The van der Waals surface area contributed by atoms with Crippen LogP contribution >= 0.6 is 0 Å². The summed E-state index contributed by atoms with van der Waals surface area (Å²) in [6.45, 7) is 10.6. The van der Waals surface area contributed by atoms with Gasteiger partial charge < -0.3 is 8.98 Å². The van der Waals surface area contributed by atoms with E-state index in [1.54, 1.807) is 0 Å². The topological polar surface area (TPSA) is 18.1 Å². The van der Waals surface area contributed by atoms with Gasteiger partial charge in [-0.2, -0.15) is 0 Å². The fourth-order valence-electron chi connectivity index (χ4n) is 7.46. The van der Waals surface area contributed by atoms with Gasteiger partial charge in [-0.1, -0.05) is 168 Å². The zero-order chi connectivity index (χ0) is 37.9. The van der Waals surface area contributed by atoms with Crippen LogP contribution in [0.5, 0.6) is 0 Å². The van der Waals surface area contributed by atoms with Crippen LogP contribution in [0.2, 0.25) is 0 Å². The number of para-hydroxylation sites is 3. The van der Waals surface area contributed by atoms with Gasteiger partial charge >= 0.3 is 0 Å². The summed E-state index contributed by atoms with van der Waals surface area (Å²) in [5.74, 6) is 0. The third-order valence-corrected chi connectivity index (χ3v) is 10.3. The predicted molar refractivity (Wildman–Crippen MR) is 235 cm³/mol. The Morgan fingerprint density at radius 3 is 1.56 bits per heavy atom. The van der Waals surface area contributed by atoms with Gasteiger partial charge in [0, 0.05) is 32.8 Å². The van der Waals surface area contributed by atoms with Gasteiger partial charge in [0.05, 0.1) is 11.0 Å². The zero-order valence-corrected chi connectivity index (χ0v) is 32.2. The number of benzene rings is 8. The SMILES string of the molecule is Cc1ccc(-c2ccc3c(c2)c2ccccc2n3-c2cccc(C)c2)cc1.Cc1ccc(-c2cccc3c2oc2ccccc23)cc1.Cc1cccc(C)c1. The van der Waals surface area contributed by atoms with Crippen molar-refractivity contribution in [1.29, 1.82) is 0 Å². The zero-order valence-electron chi connectivity index (χ0n) is 32.2. The summed E-state index contributed by atoms with van der Waals surface area (Å²) in [5.41, 5.74) is 17.0. The second kappa shape index (κ2) is 15.4. The predicted octanol–water partition coefficient (Wildman–Crippen LogP) is 14.9. The van der Waals surface area contributed by atoms with Gasteiger partial charge in [-0.25, -0.2) is 0 Å². The first kappa shape index (κ1) is 35.4. The van der Waals surface area contributed by atoms with Gasteiger partial charge in [0.15, 0.2) is 0 Å². The van der Waals surface area contributed by atoms with Gasteiger partial charge in [0.2, 0.25) is 0 Å². The second-order valence-electron chi connectivity index (χ2n) is 14.6. The average molecular weight is 712 g/mol. The molecule has 8 aromatic carbocycles. The molecule has 0 radical (unpaired) electrons. The van der Waals surface area contributed by atoms with Crippen LogP contribution in [0.3, 0.4) is 0 Å². The van der Waals surface area contributed by atoms with Gasteiger partial charge in [-0.05, 0) is 93.3 Å². The highest BCUT2D eigenvalue weighted by Crippen LogP contribution is 2.37. The van der Waals surface area contributed by atoms with Crippen molar-refractivity contribution in [3.63, 3.8) is 0 Å². The van der Waals surface area contributed by atoms with Crippen LogP contribution in [0, 0.1) is 34.6 Å². The Morgan fingerprint density at radius 2 is 0.891 bits per heavy atom. The summed E-state index contributed by atoms with van der Waals surface area (Å²) in [6, 6.07) is 64.5. The minimum atomic E-state index is 0.946. The third kappa shape index (κ3) is 7.45. The minimum Gasteiger partial charge on any atom is -0.455 e. The van der Waals surface area contributed by atoms with E-state index < -0.39 is 0 Å². The van der Waals surface area contributed by atoms with E-state index in [1.165, 1.54) is 82.8 Å². The first-order valence-electron chi connectivity index (χ1n) is 19.0. The molecule has 0 bridgehead atoms. The maximum absolute atomic E-state index is 6.07. The normalized spacial score (nSPS) is 11.0. The van der Waals surface area contributed by atoms with Crippen LogP contribution in [0.15, 0.2) is 186 Å². The highest BCUT2D eigenvalue weighted by atomic mass is 16.3. The van der Waals surface area contributed by atoms with Crippen molar-refractivity contribution >= 4 is 43.7 Å². The van der Waals surface area contributed by atoms with Crippen molar-refractivity contribution in [2.75, 3.05) is 0 Å². The Bertz CT molecular complexity index is 2890. The van der Waals surface area contributed by atoms with Crippen molar-refractivity contribution in [3.05, 3.63) is 210 Å². The Balaban J connectivity index is 0.000000133. The molecule has 0 amide bonds. The van der Waals surface area contributed by atoms with Crippen LogP contribution in [0.25, 0.3) is 71.7 Å². The van der Waals surface area contributed by atoms with E-state index in [0.29, 0.717) is 0 Å². The number of rotatable bonds is 3. The first-order chi connectivity index (χ1) is 26.8. The van der Waals surface area contributed by atoms with Gasteiger partial charge in [0.1, 0.15) is 11.2 Å². The van der Waals surface area contributed by atoms with E-state index in [4.69, 9.17) is 4.42 Å². The lowest BCUT2D eigenvalue weighted by molar-refractivity contribution is 0.670. The molecular weight excluding hydrogens is 667 g/mol. The Morgan fingerprint density at radius 1 is 0.345 bits per heavy atom. The lowest BCUT2D eigenvalue weighted by Gasteiger charge is -2.09. The summed E-state index contributed by atoms with van der Waals surface area (Å²) in [7, 11) is 0. The summed E-state index contributed by atoms with van der Waals surface area (Å²) in [4.78, 5) is 0. The standard InChI is InChI=1S/C26H21N.C19H14O.C8H10/c1-18-10-12-20(13-11-18)21-14-15-26-24(17-21)23-8-3-4-9-25(23)27(26)22-7-5-6-19(2)16-22;1-13-9-11-14(12-10-13)15-6-4-7-17-16-5-2-3-8-18(16)20-19(15)17;1-7-4-3-5-8(2)6-7/h3-17H,1-2H3;2-12H,1H3;3-6H,1-2H3. The van der Waals surface area contributed by atoms with Crippen molar-refractivity contribution < 1.29 is 4.42 Å². The van der Waals surface area contributed by atoms with E-state index in [0.717, 1.165) is 16.7 Å². The largest absolute Gasteiger partial charge is 0.455 e. The molecule has 0 fully saturated rings. The maximum Gasteiger partial charge on any atom is 0.143 e. The molecule has 2 nitrogen and oxygen atoms in total. The summed E-state index contributed by atoms with van der Waals surface area (Å²) in [5, 5.41) is 4.95. The molecule has 55 heavy (non-hydrogen) atoms.